The van der Waals surface area contributed by atoms with E-state index in [4.69, 9.17) is 5.73 Å². The van der Waals surface area contributed by atoms with E-state index in [1.807, 2.05) is 26.0 Å². The summed E-state index contributed by atoms with van der Waals surface area (Å²) in [5, 5.41) is 2.89. The van der Waals surface area contributed by atoms with Gasteiger partial charge in [0.1, 0.15) is 0 Å². The molecule has 0 saturated heterocycles. The highest BCUT2D eigenvalue weighted by Gasteiger charge is 2.16. The van der Waals surface area contributed by atoms with Gasteiger partial charge in [-0.2, -0.15) is 0 Å². The van der Waals surface area contributed by atoms with Gasteiger partial charge in [-0.25, -0.2) is 0 Å². The molecule has 1 amide bonds. The first kappa shape index (κ1) is 16.9. The normalized spacial score (nSPS) is 13.6. The Morgan fingerprint density at radius 3 is 2.65 bits per heavy atom. The second kappa shape index (κ2) is 8.08. The van der Waals surface area contributed by atoms with Gasteiger partial charge in [0, 0.05) is 17.5 Å². The maximum absolute atomic E-state index is 11.8. The van der Waals surface area contributed by atoms with Crippen molar-refractivity contribution < 1.29 is 4.79 Å². The zero-order valence-electron chi connectivity index (χ0n) is 9.90. The van der Waals surface area contributed by atoms with Crippen LogP contribution < -0.4 is 11.1 Å². The van der Waals surface area contributed by atoms with Crippen molar-refractivity contribution in [1.29, 1.82) is 0 Å². The lowest BCUT2D eigenvalue weighted by Crippen LogP contribution is -2.31. The minimum Gasteiger partial charge on any atom is -0.355 e. The van der Waals surface area contributed by atoms with Gasteiger partial charge in [-0.3, -0.25) is 4.79 Å². The highest BCUT2D eigenvalue weighted by atomic mass is 79.9. The number of hydrogen-bond donors (Lipinski definition) is 2. The quantitative estimate of drug-likeness (QED) is 0.865. The van der Waals surface area contributed by atoms with E-state index in [1.165, 1.54) is 0 Å². The van der Waals surface area contributed by atoms with Crippen LogP contribution in [0.3, 0.4) is 0 Å². The standard InChI is InChI=1S/C11H17BrN2OS.ClH/c1-7(13)5-6-14-11(15)8(2)9-3-4-10(12)16-9;/h3-4,7-8H,5-6,13H2,1-2H3,(H,14,15);1H. The predicted molar refractivity (Wildman–Crippen MR) is 79.0 cm³/mol. The van der Waals surface area contributed by atoms with Crippen LogP contribution in [-0.4, -0.2) is 18.5 Å². The molecule has 1 heterocycles. The van der Waals surface area contributed by atoms with Crippen LogP contribution in [0, 0.1) is 0 Å². The molecule has 0 aromatic carbocycles. The second-order valence-corrected chi connectivity index (χ2v) is 6.42. The molecule has 1 aromatic rings. The Balaban J connectivity index is 0.00000256. The van der Waals surface area contributed by atoms with Crippen LogP contribution in [0.25, 0.3) is 0 Å². The van der Waals surface area contributed by atoms with Gasteiger partial charge in [0.2, 0.25) is 5.91 Å². The lowest BCUT2D eigenvalue weighted by atomic mass is 10.1. The lowest BCUT2D eigenvalue weighted by molar-refractivity contribution is -0.122. The van der Waals surface area contributed by atoms with Gasteiger partial charge in [0.25, 0.3) is 0 Å². The Morgan fingerprint density at radius 2 is 2.18 bits per heavy atom. The topological polar surface area (TPSA) is 55.1 Å². The Morgan fingerprint density at radius 1 is 1.53 bits per heavy atom. The van der Waals surface area contributed by atoms with Crippen LogP contribution in [0.2, 0.25) is 0 Å². The monoisotopic (exact) mass is 340 g/mol. The molecule has 17 heavy (non-hydrogen) atoms. The number of thiophene rings is 1. The van der Waals surface area contributed by atoms with Gasteiger partial charge in [-0.1, -0.05) is 0 Å². The molecular weight excluding hydrogens is 324 g/mol. The van der Waals surface area contributed by atoms with Crippen molar-refractivity contribution in [3.8, 4) is 0 Å². The van der Waals surface area contributed by atoms with Gasteiger partial charge < -0.3 is 11.1 Å². The third kappa shape index (κ3) is 5.86. The summed E-state index contributed by atoms with van der Waals surface area (Å²) in [7, 11) is 0. The Bertz CT molecular complexity index is 357. The molecule has 98 valence electrons. The summed E-state index contributed by atoms with van der Waals surface area (Å²) in [5.74, 6) is -0.0284. The fourth-order valence-electron chi connectivity index (χ4n) is 1.27. The number of amides is 1. The number of halogens is 2. The molecule has 1 aromatic heterocycles. The molecule has 2 unspecified atom stereocenters. The van der Waals surface area contributed by atoms with Crippen molar-refractivity contribution >= 4 is 45.6 Å². The number of nitrogens with one attached hydrogen (secondary N) is 1. The Hall–Kier alpha value is -0.100. The predicted octanol–water partition coefficient (Wildman–Crippen LogP) is 2.89. The summed E-state index contributed by atoms with van der Waals surface area (Å²) in [4.78, 5) is 12.8. The van der Waals surface area contributed by atoms with E-state index in [9.17, 15) is 4.79 Å². The zero-order valence-corrected chi connectivity index (χ0v) is 13.1. The van der Waals surface area contributed by atoms with Crippen LogP contribution in [0.5, 0.6) is 0 Å². The van der Waals surface area contributed by atoms with Crippen LogP contribution in [0.4, 0.5) is 0 Å². The van der Waals surface area contributed by atoms with Crippen molar-refractivity contribution in [2.24, 2.45) is 5.73 Å². The third-order valence-corrected chi connectivity index (χ3v) is 4.12. The van der Waals surface area contributed by atoms with Crippen LogP contribution in [-0.2, 0) is 4.79 Å². The van der Waals surface area contributed by atoms with Gasteiger partial charge in [0.15, 0.2) is 0 Å². The summed E-state index contributed by atoms with van der Waals surface area (Å²) in [6.07, 6.45) is 0.812. The SMILES string of the molecule is CC(N)CCNC(=O)C(C)c1ccc(Br)s1.Cl. The van der Waals surface area contributed by atoms with Crippen LogP contribution in [0.15, 0.2) is 15.9 Å². The average molecular weight is 342 g/mol. The van der Waals surface area contributed by atoms with Crippen molar-refractivity contribution in [3.63, 3.8) is 0 Å². The fraction of sp³-hybridized carbons (Fsp3) is 0.545. The van der Waals surface area contributed by atoms with E-state index in [1.54, 1.807) is 11.3 Å². The number of hydrogen-bond acceptors (Lipinski definition) is 3. The largest absolute Gasteiger partial charge is 0.355 e. The van der Waals surface area contributed by atoms with E-state index >= 15 is 0 Å². The summed E-state index contributed by atoms with van der Waals surface area (Å²) in [5.41, 5.74) is 5.61. The first-order valence-corrected chi connectivity index (χ1v) is 6.90. The maximum Gasteiger partial charge on any atom is 0.228 e. The molecular formula is C11H18BrClN2OS. The smallest absolute Gasteiger partial charge is 0.228 e. The van der Waals surface area contributed by atoms with Crippen molar-refractivity contribution in [1.82, 2.24) is 5.32 Å². The summed E-state index contributed by atoms with van der Waals surface area (Å²) in [6, 6.07) is 4.07. The van der Waals surface area contributed by atoms with Gasteiger partial charge >= 0.3 is 0 Å². The zero-order chi connectivity index (χ0) is 12.1. The Kier molecular flexibility index (Phi) is 8.03. The van der Waals surface area contributed by atoms with Crippen molar-refractivity contribution in [2.45, 2.75) is 32.2 Å². The maximum atomic E-state index is 11.8. The molecule has 0 radical (unpaired) electrons. The van der Waals surface area contributed by atoms with Crippen LogP contribution in [0.1, 0.15) is 31.1 Å². The molecule has 0 saturated carbocycles. The molecule has 0 spiro atoms. The van der Waals surface area contributed by atoms with Crippen LogP contribution >= 0.6 is 39.7 Å². The number of carbonyl (C=O) groups excluding carboxylic acids is 1. The molecule has 3 nitrogen and oxygen atoms in total. The summed E-state index contributed by atoms with van der Waals surface area (Å²) in [6.45, 7) is 4.50. The van der Waals surface area contributed by atoms with Gasteiger partial charge in [-0.15, -0.1) is 23.7 Å². The van der Waals surface area contributed by atoms with E-state index in [2.05, 4.69) is 21.2 Å². The molecule has 3 N–H and O–H groups in total. The number of rotatable bonds is 5. The first-order chi connectivity index (χ1) is 7.50. The summed E-state index contributed by atoms with van der Waals surface area (Å²) >= 11 is 4.99. The van der Waals surface area contributed by atoms with Gasteiger partial charge in [-0.05, 0) is 48.3 Å². The molecule has 6 heteroatoms. The van der Waals surface area contributed by atoms with E-state index in [0.29, 0.717) is 6.54 Å². The minimum atomic E-state index is -0.0932. The molecule has 0 aliphatic heterocycles. The average Bonchev–Trinajstić information content (AvgIpc) is 2.63. The molecule has 0 bridgehead atoms. The van der Waals surface area contributed by atoms with Crippen molar-refractivity contribution in [2.75, 3.05) is 6.54 Å². The molecule has 2 atom stereocenters. The lowest BCUT2D eigenvalue weighted by Gasteiger charge is -2.11. The molecule has 0 aliphatic carbocycles. The minimum absolute atomic E-state index is 0. The van der Waals surface area contributed by atoms with Crippen molar-refractivity contribution in [3.05, 3.63) is 20.8 Å². The van der Waals surface area contributed by atoms with E-state index in [0.717, 1.165) is 15.1 Å². The highest BCUT2D eigenvalue weighted by molar-refractivity contribution is 9.11. The highest BCUT2D eigenvalue weighted by Crippen LogP contribution is 2.28. The fourth-order valence-corrected chi connectivity index (χ4v) is 2.74. The third-order valence-electron chi connectivity index (χ3n) is 2.31. The number of nitrogens with two attached hydrogens (primary N) is 1. The van der Waals surface area contributed by atoms with E-state index < -0.39 is 0 Å². The molecule has 0 fully saturated rings. The summed E-state index contributed by atoms with van der Waals surface area (Å²) < 4.78 is 1.05. The van der Waals surface area contributed by atoms with E-state index in [-0.39, 0.29) is 30.3 Å². The molecule has 1 rings (SSSR count). The number of carbonyl (C=O) groups is 1. The van der Waals surface area contributed by atoms with Gasteiger partial charge in [0.05, 0.1) is 9.70 Å². The first-order valence-electron chi connectivity index (χ1n) is 5.29. The second-order valence-electron chi connectivity index (χ2n) is 3.92. The Labute approximate surface area is 121 Å². The molecule has 0 aliphatic rings.